The van der Waals surface area contributed by atoms with Crippen LogP contribution in [0.5, 0.6) is 0 Å². The first-order chi connectivity index (χ1) is 7.91. The highest BCUT2D eigenvalue weighted by Crippen LogP contribution is 2.16. The Bertz CT molecular complexity index is 258. The van der Waals surface area contributed by atoms with Crippen LogP contribution in [0.3, 0.4) is 0 Å². The summed E-state index contributed by atoms with van der Waals surface area (Å²) in [5.74, 6) is -0.377. The largest absolute Gasteiger partial charge is 0.458 e. The van der Waals surface area contributed by atoms with Crippen molar-refractivity contribution in [3.63, 3.8) is 0 Å². The molecule has 18 heavy (non-hydrogen) atoms. The quantitative estimate of drug-likeness (QED) is 0.713. The summed E-state index contributed by atoms with van der Waals surface area (Å²) in [4.78, 5) is 12.0. The molecule has 0 rings (SSSR count). The Hall–Kier alpha value is -0.610. The maximum absolute atomic E-state index is 12.0. The van der Waals surface area contributed by atoms with Crippen molar-refractivity contribution in [3.05, 3.63) is 0 Å². The molecule has 1 atom stereocenters. The molecule has 0 aromatic rings. The summed E-state index contributed by atoms with van der Waals surface area (Å²) in [5, 5.41) is 0. The highest BCUT2D eigenvalue weighted by molar-refractivity contribution is 5.75. The summed E-state index contributed by atoms with van der Waals surface area (Å²) >= 11 is 0. The SMILES string of the molecule is CC(C)OCC(OC(C)(C)C)C(=O)OC(C)(C)C. The lowest BCUT2D eigenvalue weighted by atomic mass is 10.1. The normalized spacial score (nSPS) is 14.7. The second kappa shape index (κ2) is 6.53. The van der Waals surface area contributed by atoms with Crippen LogP contribution in [-0.2, 0) is 19.0 Å². The molecule has 0 saturated carbocycles. The highest BCUT2D eigenvalue weighted by Gasteiger charge is 2.30. The van der Waals surface area contributed by atoms with Crippen molar-refractivity contribution in [2.45, 2.75) is 78.8 Å². The zero-order valence-corrected chi connectivity index (χ0v) is 13.0. The zero-order valence-electron chi connectivity index (χ0n) is 13.0. The van der Waals surface area contributed by atoms with Crippen LogP contribution < -0.4 is 0 Å². The van der Waals surface area contributed by atoms with Crippen molar-refractivity contribution in [1.82, 2.24) is 0 Å². The third-order valence-electron chi connectivity index (χ3n) is 1.75. The van der Waals surface area contributed by atoms with Crippen molar-refractivity contribution in [3.8, 4) is 0 Å². The average Bonchev–Trinajstić information content (AvgIpc) is 2.06. The van der Waals surface area contributed by atoms with Crippen LogP contribution in [0.4, 0.5) is 0 Å². The van der Waals surface area contributed by atoms with Crippen molar-refractivity contribution in [1.29, 1.82) is 0 Å². The van der Waals surface area contributed by atoms with E-state index in [1.54, 1.807) is 0 Å². The van der Waals surface area contributed by atoms with E-state index in [0.717, 1.165) is 0 Å². The molecule has 4 nitrogen and oxygen atoms in total. The van der Waals surface area contributed by atoms with Crippen LogP contribution in [-0.4, -0.2) is 36.0 Å². The fourth-order valence-electron chi connectivity index (χ4n) is 1.22. The summed E-state index contributed by atoms with van der Waals surface area (Å²) in [6.07, 6.45) is -0.634. The van der Waals surface area contributed by atoms with E-state index >= 15 is 0 Å². The number of hydrogen-bond donors (Lipinski definition) is 0. The van der Waals surface area contributed by atoms with E-state index in [1.807, 2.05) is 55.4 Å². The maximum atomic E-state index is 12.0. The Morgan fingerprint density at radius 3 is 1.83 bits per heavy atom. The molecule has 0 fully saturated rings. The van der Waals surface area contributed by atoms with Crippen LogP contribution in [0, 0.1) is 0 Å². The predicted molar refractivity (Wildman–Crippen MR) is 71.6 cm³/mol. The van der Waals surface area contributed by atoms with Crippen LogP contribution in [0.2, 0.25) is 0 Å². The predicted octanol–water partition coefficient (Wildman–Crippen LogP) is 2.94. The summed E-state index contributed by atoms with van der Waals surface area (Å²) in [7, 11) is 0. The van der Waals surface area contributed by atoms with Crippen LogP contribution in [0.15, 0.2) is 0 Å². The molecular formula is C14H28O4. The van der Waals surface area contributed by atoms with Crippen LogP contribution in [0.1, 0.15) is 55.4 Å². The topological polar surface area (TPSA) is 44.8 Å². The fraction of sp³-hybridized carbons (Fsp3) is 0.929. The van der Waals surface area contributed by atoms with Crippen molar-refractivity contribution >= 4 is 5.97 Å². The van der Waals surface area contributed by atoms with Gasteiger partial charge in [0.2, 0.25) is 0 Å². The molecule has 1 unspecified atom stereocenters. The smallest absolute Gasteiger partial charge is 0.338 e. The van der Waals surface area contributed by atoms with Gasteiger partial charge in [0.1, 0.15) is 5.60 Å². The zero-order chi connectivity index (χ0) is 14.6. The van der Waals surface area contributed by atoms with Gasteiger partial charge in [-0.2, -0.15) is 0 Å². The van der Waals surface area contributed by atoms with Gasteiger partial charge in [0.25, 0.3) is 0 Å². The molecular weight excluding hydrogens is 232 g/mol. The van der Waals surface area contributed by atoms with Gasteiger partial charge >= 0.3 is 5.97 Å². The van der Waals surface area contributed by atoms with E-state index in [0.29, 0.717) is 0 Å². The third-order valence-corrected chi connectivity index (χ3v) is 1.75. The van der Waals surface area contributed by atoms with Crippen LogP contribution in [0.25, 0.3) is 0 Å². The molecule has 4 heteroatoms. The molecule has 0 spiro atoms. The molecule has 0 bridgehead atoms. The second-order valence-corrected chi connectivity index (χ2v) is 6.63. The molecule has 0 heterocycles. The lowest BCUT2D eigenvalue weighted by Gasteiger charge is -2.29. The van der Waals surface area contributed by atoms with Gasteiger partial charge in [-0.1, -0.05) is 0 Å². The monoisotopic (exact) mass is 260 g/mol. The minimum atomic E-state index is -0.688. The van der Waals surface area contributed by atoms with Crippen LogP contribution >= 0.6 is 0 Å². The Morgan fingerprint density at radius 1 is 1.00 bits per heavy atom. The highest BCUT2D eigenvalue weighted by atomic mass is 16.6. The van der Waals surface area contributed by atoms with Gasteiger partial charge in [-0.15, -0.1) is 0 Å². The standard InChI is InChI=1S/C14H28O4/c1-10(2)16-9-11(17-13(3,4)5)12(15)18-14(6,7)8/h10-11H,9H2,1-8H3. The van der Waals surface area contributed by atoms with E-state index in [-0.39, 0.29) is 18.7 Å². The van der Waals surface area contributed by atoms with Gasteiger partial charge in [0, 0.05) is 0 Å². The van der Waals surface area contributed by atoms with Crippen molar-refractivity contribution < 1.29 is 19.0 Å². The summed E-state index contributed by atoms with van der Waals surface area (Å²) in [6, 6.07) is 0. The van der Waals surface area contributed by atoms with Gasteiger partial charge in [0.15, 0.2) is 6.10 Å². The first-order valence-corrected chi connectivity index (χ1v) is 6.43. The van der Waals surface area contributed by atoms with Gasteiger partial charge in [-0.05, 0) is 55.4 Å². The third kappa shape index (κ3) is 9.42. The molecule has 108 valence electrons. The Morgan fingerprint density at radius 2 is 1.50 bits per heavy atom. The van der Waals surface area contributed by atoms with E-state index < -0.39 is 17.3 Å². The number of ether oxygens (including phenoxy) is 3. The number of carbonyl (C=O) groups is 1. The molecule has 0 saturated heterocycles. The minimum Gasteiger partial charge on any atom is -0.458 e. The fourth-order valence-corrected chi connectivity index (χ4v) is 1.22. The second-order valence-electron chi connectivity index (χ2n) is 6.63. The summed E-state index contributed by atoms with van der Waals surface area (Å²) in [5.41, 5.74) is -0.934. The number of esters is 1. The summed E-state index contributed by atoms with van der Waals surface area (Å²) in [6.45, 7) is 15.3. The molecule has 0 N–H and O–H groups in total. The molecule has 0 aliphatic rings. The van der Waals surface area contributed by atoms with E-state index in [2.05, 4.69) is 0 Å². The van der Waals surface area contributed by atoms with E-state index in [1.165, 1.54) is 0 Å². The van der Waals surface area contributed by atoms with E-state index in [9.17, 15) is 4.79 Å². The first kappa shape index (κ1) is 17.4. The minimum absolute atomic E-state index is 0.0542. The number of carbonyl (C=O) groups excluding carboxylic acids is 1. The molecule has 0 radical (unpaired) electrons. The van der Waals surface area contributed by atoms with Crippen molar-refractivity contribution in [2.75, 3.05) is 6.61 Å². The Kier molecular flexibility index (Phi) is 6.30. The van der Waals surface area contributed by atoms with Gasteiger partial charge < -0.3 is 14.2 Å². The Balaban J connectivity index is 4.59. The molecule has 0 aromatic carbocycles. The maximum Gasteiger partial charge on any atom is 0.338 e. The number of hydrogen-bond acceptors (Lipinski definition) is 4. The van der Waals surface area contributed by atoms with Gasteiger partial charge in [-0.25, -0.2) is 4.79 Å². The number of rotatable bonds is 5. The first-order valence-electron chi connectivity index (χ1n) is 6.43. The summed E-state index contributed by atoms with van der Waals surface area (Å²) < 4.78 is 16.5. The van der Waals surface area contributed by atoms with Gasteiger partial charge in [-0.3, -0.25) is 0 Å². The molecule has 0 amide bonds. The van der Waals surface area contributed by atoms with Gasteiger partial charge in [0.05, 0.1) is 18.3 Å². The molecule has 0 aromatic heterocycles. The van der Waals surface area contributed by atoms with Crippen molar-refractivity contribution in [2.24, 2.45) is 0 Å². The van der Waals surface area contributed by atoms with E-state index in [4.69, 9.17) is 14.2 Å². The lowest BCUT2D eigenvalue weighted by molar-refractivity contribution is -0.184. The Labute approximate surface area is 111 Å². The molecule has 0 aliphatic heterocycles. The average molecular weight is 260 g/mol. The molecule has 0 aliphatic carbocycles. The lowest BCUT2D eigenvalue weighted by Crippen LogP contribution is -2.41.